The van der Waals surface area contributed by atoms with Gasteiger partial charge in [0.2, 0.25) is 0 Å². The molecule has 0 aromatic heterocycles. The molecule has 0 spiro atoms. The van der Waals surface area contributed by atoms with Gasteiger partial charge in [0.1, 0.15) is 0 Å². The lowest BCUT2D eigenvalue weighted by atomic mass is 10.1. The van der Waals surface area contributed by atoms with Gasteiger partial charge in [0.25, 0.3) is 5.91 Å². The third-order valence-corrected chi connectivity index (χ3v) is 3.85. The third-order valence-electron chi connectivity index (χ3n) is 3.60. The van der Waals surface area contributed by atoms with E-state index in [4.69, 9.17) is 11.6 Å². The smallest absolute Gasteiger partial charge is 0.251 e. The number of rotatable bonds is 2. The van der Waals surface area contributed by atoms with E-state index in [1.807, 2.05) is 24.3 Å². The first-order chi connectivity index (χ1) is 9.65. The van der Waals surface area contributed by atoms with Gasteiger partial charge in [-0.2, -0.15) is 0 Å². The van der Waals surface area contributed by atoms with Gasteiger partial charge in [-0.1, -0.05) is 35.9 Å². The summed E-state index contributed by atoms with van der Waals surface area (Å²) >= 11 is 5.81. The van der Waals surface area contributed by atoms with Crippen molar-refractivity contribution < 1.29 is 9.90 Å². The number of fused-ring (bicyclic) bond motifs is 1. The average molecular weight is 288 g/mol. The van der Waals surface area contributed by atoms with E-state index in [2.05, 4.69) is 5.32 Å². The Bertz CT molecular complexity index is 639. The van der Waals surface area contributed by atoms with Crippen LogP contribution >= 0.6 is 11.6 Å². The Labute approximate surface area is 122 Å². The molecule has 3 nitrogen and oxygen atoms in total. The molecule has 4 heteroatoms. The lowest BCUT2D eigenvalue weighted by molar-refractivity contribution is 0.0858. The highest BCUT2D eigenvalue weighted by atomic mass is 35.5. The summed E-state index contributed by atoms with van der Waals surface area (Å²) in [5.74, 6) is -0.206. The van der Waals surface area contributed by atoms with Crippen LogP contribution in [0.2, 0.25) is 5.02 Å². The molecule has 2 aromatic rings. The second-order valence-corrected chi connectivity index (χ2v) is 5.36. The van der Waals surface area contributed by atoms with E-state index in [-0.39, 0.29) is 11.9 Å². The number of halogens is 1. The van der Waals surface area contributed by atoms with E-state index < -0.39 is 6.10 Å². The average Bonchev–Trinajstić information content (AvgIpc) is 2.76. The van der Waals surface area contributed by atoms with Gasteiger partial charge >= 0.3 is 0 Å². The van der Waals surface area contributed by atoms with Crippen LogP contribution in [0.15, 0.2) is 48.5 Å². The van der Waals surface area contributed by atoms with Crippen molar-refractivity contribution in [1.82, 2.24) is 5.32 Å². The number of hydrogen-bond acceptors (Lipinski definition) is 2. The topological polar surface area (TPSA) is 49.3 Å². The number of carbonyl (C=O) groups is 1. The van der Waals surface area contributed by atoms with Crippen LogP contribution in [-0.2, 0) is 6.42 Å². The molecule has 20 heavy (non-hydrogen) atoms. The minimum Gasteiger partial charge on any atom is -0.390 e. The summed E-state index contributed by atoms with van der Waals surface area (Å²) in [5.41, 5.74) is 2.61. The molecule has 0 fully saturated rings. The molecule has 2 aromatic carbocycles. The number of hydrogen-bond donors (Lipinski definition) is 2. The van der Waals surface area contributed by atoms with Gasteiger partial charge in [0.15, 0.2) is 0 Å². The molecule has 2 N–H and O–H groups in total. The highest BCUT2D eigenvalue weighted by Gasteiger charge is 2.31. The third kappa shape index (κ3) is 2.42. The van der Waals surface area contributed by atoms with Crippen molar-refractivity contribution in [1.29, 1.82) is 0 Å². The molecular formula is C16H14ClNO2. The van der Waals surface area contributed by atoms with Crippen molar-refractivity contribution in [2.24, 2.45) is 0 Å². The zero-order valence-electron chi connectivity index (χ0n) is 10.7. The Kier molecular flexibility index (Phi) is 3.47. The zero-order valence-corrected chi connectivity index (χ0v) is 11.5. The first-order valence-corrected chi connectivity index (χ1v) is 6.85. The second-order valence-electron chi connectivity index (χ2n) is 4.93. The van der Waals surface area contributed by atoms with E-state index in [1.54, 1.807) is 24.3 Å². The fourth-order valence-corrected chi connectivity index (χ4v) is 2.70. The Morgan fingerprint density at radius 3 is 2.60 bits per heavy atom. The molecule has 1 aliphatic carbocycles. The maximum atomic E-state index is 12.2. The SMILES string of the molecule is O=C(NC1c2ccccc2CC1O)c1ccc(Cl)cc1. The maximum absolute atomic E-state index is 12.2. The Morgan fingerprint density at radius 1 is 1.15 bits per heavy atom. The molecule has 0 saturated heterocycles. The summed E-state index contributed by atoms with van der Waals surface area (Å²) in [4.78, 5) is 12.2. The summed E-state index contributed by atoms with van der Waals surface area (Å²) < 4.78 is 0. The van der Waals surface area contributed by atoms with Crippen molar-refractivity contribution in [2.75, 3.05) is 0 Å². The molecule has 0 saturated carbocycles. The molecular weight excluding hydrogens is 274 g/mol. The van der Waals surface area contributed by atoms with Crippen LogP contribution in [0.25, 0.3) is 0 Å². The van der Waals surface area contributed by atoms with Crippen LogP contribution in [-0.4, -0.2) is 17.1 Å². The van der Waals surface area contributed by atoms with Gasteiger partial charge in [0, 0.05) is 17.0 Å². The Morgan fingerprint density at radius 2 is 1.85 bits per heavy atom. The Hall–Kier alpha value is -1.84. The quantitative estimate of drug-likeness (QED) is 0.892. The molecule has 0 radical (unpaired) electrons. The van der Waals surface area contributed by atoms with E-state index in [0.717, 1.165) is 11.1 Å². The molecule has 0 bridgehead atoms. The molecule has 0 heterocycles. The largest absolute Gasteiger partial charge is 0.390 e. The maximum Gasteiger partial charge on any atom is 0.251 e. The number of carbonyl (C=O) groups excluding carboxylic acids is 1. The number of nitrogens with one attached hydrogen (secondary N) is 1. The first kappa shape index (κ1) is 13.2. The lowest BCUT2D eigenvalue weighted by Crippen LogP contribution is -2.33. The molecule has 2 unspecified atom stereocenters. The highest BCUT2D eigenvalue weighted by Crippen LogP contribution is 2.31. The van der Waals surface area contributed by atoms with Crippen LogP contribution in [0.5, 0.6) is 0 Å². The van der Waals surface area contributed by atoms with E-state index in [9.17, 15) is 9.90 Å². The normalized spacial score (nSPS) is 20.5. The fourth-order valence-electron chi connectivity index (χ4n) is 2.57. The zero-order chi connectivity index (χ0) is 14.1. The lowest BCUT2D eigenvalue weighted by Gasteiger charge is -2.18. The van der Waals surface area contributed by atoms with Crippen molar-refractivity contribution in [2.45, 2.75) is 18.6 Å². The number of benzene rings is 2. The minimum absolute atomic E-state index is 0.206. The van der Waals surface area contributed by atoms with Crippen molar-refractivity contribution in [3.8, 4) is 0 Å². The van der Waals surface area contributed by atoms with E-state index in [0.29, 0.717) is 17.0 Å². The monoisotopic (exact) mass is 287 g/mol. The van der Waals surface area contributed by atoms with Crippen LogP contribution in [0.1, 0.15) is 27.5 Å². The fraction of sp³-hybridized carbons (Fsp3) is 0.188. The van der Waals surface area contributed by atoms with E-state index in [1.165, 1.54) is 0 Å². The number of aliphatic hydroxyl groups is 1. The molecule has 0 aliphatic heterocycles. The molecule has 3 rings (SSSR count). The van der Waals surface area contributed by atoms with Gasteiger partial charge < -0.3 is 10.4 Å². The molecule has 1 aliphatic rings. The van der Waals surface area contributed by atoms with Crippen molar-refractivity contribution in [3.63, 3.8) is 0 Å². The number of amides is 1. The highest BCUT2D eigenvalue weighted by molar-refractivity contribution is 6.30. The summed E-state index contributed by atoms with van der Waals surface area (Å²) in [5, 5.41) is 13.6. The molecule has 102 valence electrons. The van der Waals surface area contributed by atoms with Crippen molar-refractivity contribution >= 4 is 17.5 Å². The first-order valence-electron chi connectivity index (χ1n) is 6.47. The van der Waals surface area contributed by atoms with E-state index >= 15 is 0 Å². The van der Waals surface area contributed by atoms with Crippen molar-refractivity contribution in [3.05, 3.63) is 70.2 Å². The predicted molar refractivity (Wildman–Crippen MR) is 77.8 cm³/mol. The summed E-state index contributed by atoms with van der Waals surface area (Å²) in [6.07, 6.45) is -0.00879. The van der Waals surface area contributed by atoms with Crippen LogP contribution in [0.3, 0.4) is 0 Å². The summed E-state index contributed by atoms with van der Waals surface area (Å²) in [6, 6.07) is 14.1. The predicted octanol–water partition coefficient (Wildman–Crippen LogP) is 2.73. The second kappa shape index (κ2) is 5.27. The summed E-state index contributed by atoms with van der Waals surface area (Å²) in [7, 11) is 0. The minimum atomic E-state index is -0.580. The molecule has 2 atom stereocenters. The van der Waals surface area contributed by atoms with Crippen LogP contribution in [0, 0.1) is 0 Å². The van der Waals surface area contributed by atoms with Gasteiger partial charge in [-0.3, -0.25) is 4.79 Å². The number of aliphatic hydroxyl groups excluding tert-OH is 1. The standard InChI is InChI=1S/C16H14ClNO2/c17-12-7-5-10(6-8-12)16(20)18-15-13-4-2-1-3-11(13)9-14(15)19/h1-8,14-15,19H,9H2,(H,18,20). The van der Waals surface area contributed by atoms with Gasteiger partial charge in [-0.05, 0) is 35.4 Å². The summed E-state index contributed by atoms with van der Waals surface area (Å²) in [6.45, 7) is 0. The van der Waals surface area contributed by atoms with Gasteiger partial charge in [-0.25, -0.2) is 0 Å². The Balaban J connectivity index is 1.81. The van der Waals surface area contributed by atoms with Crippen LogP contribution < -0.4 is 5.32 Å². The van der Waals surface area contributed by atoms with Gasteiger partial charge in [0.05, 0.1) is 12.1 Å². The van der Waals surface area contributed by atoms with Crippen LogP contribution in [0.4, 0.5) is 0 Å². The molecule has 1 amide bonds. The van der Waals surface area contributed by atoms with Gasteiger partial charge in [-0.15, -0.1) is 0 Å².